The molecule has 0 atom stereocenters. The van der Waals surface area contributed by atoms with Gasteiger partial charge in [0.15, 0.2) is 0 Å². The van der Waals surface area contributed by atoms with Crippen LogP contribution in [0.15, 0.2) is 18.2 Å². The number of aryl methyl sites for hydroxylation is 1. The highest BCUT2D eigenvalue weighted by molar-refractivity contribution is 5.70. The first-order valence-electron chi connectivity index (χ1n) is 6.31. The Labute approximate surface area is 106 Å². The van der Waals surface area contributed by atoms with E-state index in [1.165, 1.54) is 12.1 Å². The van der Waals surface area contributed by atoms with Gasteiger partial charge in [-0.15, -0.1) is 0 Å². The highest BCUT2D eigenvalue weighted by Crippen LogP contribution is 2.27. The molecule has 1 aliphatic carbocycles. The summed E-state index contributed by atoms with van der Waals surface area (Å²) in [7, 11) is 0. The summed E-state index contributed by atoms with van der Waals surface area (Å²) in [5, 5.41) is 12.2. The number of aliphatic carboxylic acids is 1. The van der Waals surface area contributed by atoms with E-state index in [2.05, 4.69) is 5.32 Å². The van der Waals surface area contributed by atoms with Crippen molar-refractivity contribution in [2.45, 2.75) is 38.6 Å². The van der Waals surface area contributed by atoms with E-state index >= 15 is 0 Å². The number of benzene rings is 1. The van der Waals surface area contributed by atoms with Crippen LogP contribution < -0.4 is 5.32 Å². The molecule has 1 aromatic rings. The van der Waals surface area contributed by atoms with Gasteiger partial charge in [0.25, 0.3) is 0 Å². The molecule has 0 saturated heterocycles. The highest BCUT2D eigenvalue weighted by atomic mass is 19.1. The second-order valence-electron chi connectivity index (χ2n) is 5.05. The molecule has 0 heterocycles. The number of hydrogen-bond acceptors (Lipinski definition) is 2. The van der Waals surface area contributed by atoms with Crippen LogP contribution in [-0.2, 0) is 4.79 Å². The van der Waals surface area contributed by atoms with Crippen molar-refractivity contribution in [1.82, 2.24) is 0 Å². The van der Waals surface area contributed by atoms with Crippen LogP contribution in [-0.4, -0.2) is 17.1 Å². The van der Waals surface area contributed by atoms with Crippen LogP contribution in [0.25, 0.3) is 0 Å². The van der Waals surface area contributed by atoms with Crippen LogP contribution >= 0.6 is 0 Å². The number of nitrogens with one attached hydrogen (secondary N) is 1. The molecule has 0 aromatic heterocycles. The number of carboxylic acids is 1. The number of hydrogen-bond donors (Lipinski definition) is 2. The largest absolute Gasteiger partial charge is 0.481 e. The van der Waals surface area contributed by atoms with Crippen molar-refractivity contribution in [3.63, 3.8) is 0 Å². The van der Waals surface area contributed by atoms with Gasteiger partial charge in [0, 0.05) is 11.7 Å². The minimum Gasteiger partial charge on any atom is -0.481 e. The third-order valence-electron chi connectivity index (χ3n) is 3.49. The van der Waals surface area contributed by atoms with E-state index in [9.17, 15) is 9.18 Å². The molecule has 1 saturated carbocycles. The highest BCUT2D eigenvalue weighted by Gasteiger charge is 2.25. The average Bonchev–Trinajstić information content (AvgIpc) is 2.28. The van der Waals surface area contributed by atoms with Crippen LogP contribution in [0.4, 0.5) is 10.1 Å². The minimum absolute atomic E-state index is 0.211. The lowest BCUT2D eigenvalue weighted by Gasteiger charge is -2.27. The summed E-state index contributed by atoms with van der Waals surface area (Å²) in [5.74, 6) is -1.15. The maximum atomic E-state index is 13.2. The monoisotopic (exact) mass is 251 g/mol. The summed E-state index contributed by atoms with van der Waals surface area (Å²) >= 11 is 0. The molecule has 0 unspecified atom stereocenters. The topological polar surface area (TPSA) is 49.3 Å². The number of carboxylic acid groups (broad SMARTS) is 1. The summed E-state index contributed by atoms with van der Waals surface area (Å²) in [5.41, 5.74) is 1.67. The van der Waals surface area contributed by atoms with E-state index in [1.54, 1.807) is 0 Å². The number of halogens is 1. The Morgan fingerprint density at radius 3 is 2.50 bits per heavy atom. The van der Waals surface area contributed by atoms with E-state index in [1.807, 2.05) is 13.0 Å². The molecule has 4 heteroatoms. The van der Waals surface area contributed by atoms with Crippen molar-refractivity contribution in [1.29, 1.82) is 0 Å². The van der Waals surface area contributed by atoms with Crippen molar-refractivity contribution >= 4 is 11.7 Å². The van der Waals surface area contributed by atoms with Crippen molar-refractivity contribution in [3.05, 3.63) is 29.6 Å². The lowest BCUT2D eigenvalue weighted by molar-refractivity contribution is -0.142. The summed E-state index contributed by atoms with van der Waals surface area (Å²) in [6.45, 7) is 1.86. The SMILES string of the molecule is Cc1cc(F)cc(NC2CCC(C(=O)O)CC2)c1. The van der Waals surface area contributed by atoms with Crippen LogP contribution in [0.2, 0.25) is 0 Å². The number of carbonyl (C=O) groups is 1. The molecule has 0 radical (unpaired) electrons. The van der Waals surface area contributed by atoms with Crippen LogP contribution in [0.1, 0.15) is 31.2 Å². The van der Waals surface area contributed by atoms with Crippen molar-refractivity contribution in [2.24, 2.45) is 5.92 Å². The van der Waals surface area contributed by atoms with Crippen molar-refractivity contribution < 1.29 is 14.3 Å². The van der Waals surface area contributed by atoms with E-state index in [-0.39, 0.29) is 17.8 Å². The molecular formula is C14H18FNO2. The van der Waals surface area contributed by atoms with Gasteiger partial charge in [-0.3, -0.25) is 4.79 Å². The van der Waals surface area contributed by atoms with Gasteiger partial charge in [-0.2, -0.15) is 0 Å². The second kappa shape index (κ2) is 5.38. The maximum absolute atomic E-state index is 13.2. The molecule has 1 aromatic carbocycles. The Balaban J connectivity index is 1.93. The number of anilines is 1. The number of rotatable bonds is 3. The molecule has 1 fully saturated rings. The van der Waals surface area contributed by atoms with Crippen LogP contribution in [0.5, 0.6) is 0 Å². The summed E-state index contributed by atoms with van der Waals surface area (Å²) in [6.07, 6.45) is 3.04. The van der Waals surface area contributed by atoms with Gasteiger partial charge in [-0.05, 0) is 56.4 Å². The first-order valence-corrected chi connectivity index (χ1v) is 6.31. The van der Waals surface area contributed by atoms with Crippen LogP contribution in [0, 0.1) is 18.7 Å². The minimum atomic E-state index is -0.699. The fourth-order valence-corrected chi connectivity index (χ4v) is 2.54. The molecule has 98 valence electrons. The Kier molecular flexibility index (Phi) is 3.84. The molecule has 0 aliphatic heterocycles. The van der Waals surface area contributed by atoms with Gasteiger partial charge in [-0.1, -0.05) is 0 Å². The van der Waals surface area contributed by atoms with Gasteiger partial charge in [0.05, 0.1) is 5.92 Å². The van der Waals surface area contributed by atoms with E-state index in [4.69, 9.17) is 5.11 Å². The molecule has 2 N–H and O–H groups in total. The zero-order chi connectivity index (χ0) is 13.1. The first-order chi connectivity index (χ1) is 8.54. The van der Waals surface area contributed by atoms with Gasteiger partial charge >= 0.3 is 5.97 Å². The Hall–Kier alpha value is -1.58. The fraction of sp³-hybridized carbons (Fsp3) is 0.500. The summed E-state index contributed by atoms with van der Waals surface area (Å²) < 4.78 is 13.2. The molecule has 0 spiro atoms. The zero-order valence-corrected chi connectivity index (χ0v) is 10.4. The van der Waals surface area contributed by atoms with Crippen molar-refractivity contribution in [2.75, 3.05) is 5.32 Å². The van der Waals surface area contributed by atoms with Gasteiger partial charge in [0.2, 0.25) is 0 Å². The molecule has 1 aliphatic rings. The Morgan fingerprint density at radius 1 is 1.28 bits per heavy atom. The molecule has 18 heavy (non-hydrogen) atoms. The average molecular weight is 251 g/mol. The Bertz CT molecular complexity index is 419. The smallest absolute Gasteiger partial charge is 0.306 e. The standard InChI is InChI=1S/C14H18FNO2/c1-9-6-11(15)8-13(7-9)16-12-4-2-10(3-5-12)14(17)18/h6-8,10,12,16H,2-5H2,1H3,(H,17,18). The lowest BCUT2D eigenvalue weighted by atomic mass is 9.86. The molecule has 3 nitrogen and oxygen atoms in total. The van der Waals surface area contributed by atoms with E-state index in [0.29, 0.717) is 12.8 Å². The summed E-state index contributed by atoms with van der Waals surface area (Å²) in [4.78, 5) is 10.8. The molecule has 0 bridgehead atoms. The van der Waals surface area contributed by atoms with Crippen molar-refractivity contribution in [3.8, 4) is 0 Å². The third kappa shape index (κ3) is 3.22. The first kappa shape index (κ1) is 12.9. The fourth-order valence-electron chi connectivity index (χ4n) is 2.54. The molecule has 0 amide bonds. The van der Waals surface area contributed by atoms with E-state index in [0.717, 1.165) is 24.1 Å². The maximum Gasteiger partial charge on any atom is 0.306 e. The Morgan fingerprint density at radius 2 is 1.94 bits per heavy atom. The molecular weight excluding hydrogens is 233 g/mol. The van der Waals surface area contributed by atoms with Gasteiger partial charge in [-0.25, -0.2) is 4.39 Å². The van der Waals surface area contributed by atoms with Crippen LogP contribution in [0.3, 0.4) is 0 Å². The lowest BCUT2D eigenvalue weighted by Crippen LogP contribution is -2.29. The van der Waals surface area contributed by atoms with Gasteiger partial charge < -0.3 is 10.4 Å². The predicted octanol–water partition coefficient (Wildman–Crippen LogP) is 3.19. The summed E-state index contributed by atoms with van der Waals surface area (Å²) in [6, 6.07) is 5.14. The zero-order valence-electron chi connectivity index (χ0n) is 10.4. The quantitative estimate of drug-likeness (QED) is 0.867. The third-order valence-corrected chi connectivity index (χ3v) is 3.49. The van der Waals surface area contributed by atoms with Gasteiger partial charge in [0.1, 0.15) is 5.82 Å². The van der Waals surface area contributed by atoms with E-state index < -0.39 is 5.97 Å². The molecule has 2 rings (SSSR count). The normalized spacial score (nSPS) is 23.7. The predicted molar refractivity (Wildman–Crippen MR) is 68.1 cm³/mol. The second-order valence-corrected chi connectivity index (χ2v) is 5.05.